The van der Waals surface area contributed by atoms with Gasteiger partial charge in [-0.3, -0.25) is 4.79 Å². The van der Waals surface area contributed by atoms with E-state index in [2.05, 4.69) is 25.7 Å². The third kappa shape index (κ3) is 6.60. The lowest BCUT2D eigenvalue weighted by atomic mass is 10.2. The van der Waals surface area contributed by atoms with E-state index in [9.17, 15) is 13.2 Å². The average molecular weight is 518 g/mol. The minimum absolute atomic E-state index is 0.0847. The van der Waals surface area contributed by atoms with Gasteiger partial charge in [-0.2, -0.15) is 0 Å². The lowest BCUT2D eigenvalue weighted by Crippen LogP contribution is -2.33. The minimum atomic E-state index is -3.78. The molecule has 0 saturated heterocycles. The molecule has 4 N–H and O–H groups in total. The molecule has 0 saturated carbocycles. The van der Waals surface area contributed by atoms with Crippen LogP contribution >= 0.6 is 23.6 Å². The van der Waals surface area contributed by atoms with Crippen LogP contribution in [0, 0.1) is 0 Å². The summed E-state index contributed by atoms with van der Waals surface area (Å²) >= 11 is 6.67. The van der Waals surface area contributed by atoms with E-state index in [-0.39, 0.29) is 23.4 Å². The molecule has 1 amide bonds. The van der Waals surface area contributed by atoms with E-state index in [1.54, 1.807) is 25.3 Å². The molecule has 1 aromatic heterocycles. The van der Waals surface area contributed by atoms with Gasteiger partial charge in [-0.25, -0.2) is 18.1 Å². The van der Waals surface area contributed by atoms with Gasteiger partial charge < -0.3 is 16.0 Å². The average Bonchev–Trinajstić information content (AvgIpc) is 3.23. The second-order valence-corrected chi connectivity index (χ2v) is 10.9. The molecule has 0 spiro atoms. The van der Waals surface area contributed by atoms with Crippen molar-refractivity contribution in [3.05, 3.63) is 48.7 Å². The number of hydrogen-bond donors (Lipinski definition) is 4. The van der Waals surface area contributed by atoms with Gasteiger partial charge in [-0.05, 0) is 62.5 Å². The number of nitrogens with one attached hydrogen (secondary N) is 4. The van der Waals surface area contributed by atoms with Crippen LogP contribution in [0.25, 0.3) is 21.0 Å². The Balaban J connectivity index is 1.90. The van der Waals surface area contributed by atoms with Gasteiger partial charge in [0.1, 0.15) is 5.01 Å². The number of nitrogens with zero attached hydrogens (tertiary/aromatic N) is 1. The lowest BCUT2D eigenvalue weighted by Gasteiger charge is -2.13. The van der Waals surface area contributed by atoms with E-state index in [0.29, 0.717) is 21.2 Å². The van der Waals surface area contributed by atoms with Gasteiger partial charge >= 0.3 is 0 Å². The summed E-state index contributed by atoms with van der Waals surface area (Å²) in [6.07, 6.45) is 1.66. The number of carbonyl (C=O) groups is 1. The Bertz CT molecular complexity index is 1290. The van der Waals surface area contributed by atoms with Crippen LogP contribution in [-0.4, -0.2) is 37.0 Å². The van der Waals surface area contributed by atoms with Gasteiger partial charge in [-0.15, -0.1) is 11.3 Å². The number of amides is 1. The number of thiocarbonyl (C=S) groups is 1. The van der Waals surface area contributed by atoms with Gasteiger partial charge in [0.2, 0.25) is 15.9 Å². The largest absolute Gasteiger partial charge is 0.360 e. The monoisotopic (exact) mass is 517 g/mol. The van der Waals surface area contributed by atoms with Gasteiger partial charge in [-0.1, -0.05) is 13.0 Å². The summed E-state index contributed by atoms with van der Waals surface area (Å²) in [5, 5.41) is 10.2. The zero-order chi connectivity index (χ0) is 24.9. The number of sulfonamides is 1. The van der Waals surface area contributed by atoms with Crippen molar-refractivity contribution in [2.45, 2.75) is 38.6 Å². The van der Waals surface area contributed by atoms with Crippen molar-refractivity contribution in [3.63, 3.8) is 0 Å². The summed E-state index contributed by atoms with van der Waals surface area (Å²) in [4.78, 5) is 16.7. The van der Waals surface area contributed by atoms with Crippen LogP contribution < -0.4 is 20.7 Å². The number of rotatable bonds is 8. The standard InChI is InChI=1S/C23H27N5O3S3/c1-5-25-34(30,31)21-12-18(27-15(4)29)10-11-19(21)20-13-24-22(33-20)16-6-8-17(9-7-16)28-23(32)26-14(2)3/h6-14,25H,5H2,1-4H3,(H,27,29)(H2,26,28,32). The topological polar surface area (TPSA) is 112 Å². The first-order chi connectivity index (χ1) is 16.1. The smallest absolute Gasteiger partial charge is 0.241 e. The van der Waals surface area contributed by atoms with E-state index in [4.69, 9.17) is 12.2 Å². The van der Waals surface area contributed by atoms with Crippen LogP contribution in [0.2, 0.25) is 0 Å². The molecule has 0 radical (unpaired) electrons. The second kappa shape index (κ2) is 11.0. The maximum absolute atomic E-state index is 12.9. The maximum atomic E-state index is 12.9. The Morgan fingerprint density at radius 1 is 1.09 bits per heavy atom. The van der Waals surface area contributed by atoms with Crippen molar-refractivity contribution in [1.82, 2.24) is 15.0 Å². The molecular weight excluding hydrogens is 490 g/mol. The summed E-state index contributed by atoms with van der Waals surface area (Å²) in [7, 11) is -3.78. The van der Waals surface area contributed by atoms with E-state index >= 15 is 0 Å². The molecule has 0 unspecified atom stereocenters. The Labute approximate surface area is 209 Å². The molecule has 0 atom stereocenters. The Hall–Kier alpha value is -2.86. The highest BCUT2D eigenvalue weighted by atomic mass is 32.2. The first kappa shape index (κ1) is 25.8. The Morgan fingerprint density at radius 2 is 1.76 bits per heavy atom. The Morgan fingerprint density at radius 3 is 2.38 bits per heavy atom. The van der Waals surface area contributed by atoms with Crippen molar-refractivity contribution in [2.24, 2.45) is 0 Å². The van der Waals surface area contributed by atoms with Crippen molar-refractivity contribution in [3.8, 4) is 21.0 Å². The Kier molecular flexibility index (Phi) is 8.37. The third-order valence-corrected chi connectivity index (χ3v) is 7.39. The number of aromatic nitrogens is 1. The fourth-order valence-corrected chi connectivity index (χ4v) is 5.82. The molecule has 0 aliphatic carbocycles. The highest BCUT2D eigenvalue weighted by molar-refractivity contribution is 7.89. The van der Waals surface area contributed by atoms with Gasteiger partial charge in [0.15, 0.2) is 5.11 Å². The van der Waals surface area contributed by atoms with Crippen molar-refractivity contribution in [2.75, 3.05) is 17.2 Å². The van der Waals surface area contributed by atoms with E-state index in [1.807, 2.05) is 38.1 Å². The minimum Gasteiger partial charge on any atom is -0.360 e. The number of thiazole rings is 1. The predicted molar refractivity (Wildman–Crippen MR) is 143 cm³/mol. The van der Waals surface area contributed by atoms with E-state index in [1.165, 1.54) is 24.3 Å². The van der Waals surface area contributed by atoms with Gasteiger partial charge in [0.25, 0.3) is 0 Å². The van der Waals surface area contributed by atoms with Crippen LogP contribution in [0.15, 0.2) is 53.6 Å². The van der Waals surface area contributed by atoms with Crippen LogP contribution in [0.4, 0.5) is 11.4 Å². The molecule has 34 heavy (non-hydrogen) atoms. The summed E-state index contributed by atoms with van der Waals surface area (Å²) in [6, 6.07) is 12.7. The zero-order valence-electron chi connectivity index (χ0n) is 19.3. The van der Waals surface area contributed by atoms with Gasteiger partial charge in [0, 0.05) is 48.2 Å². The fraction of sp³-hybridized carbons (Fsp3) is 0.261. The summed E-state index contributed by atoms with van der Waals surface area (Å²) < 4.78 is 28.3. The maximum Gasteiger partial charge on any atom is 0.241 e. The second-order valence-electron chi connectivity index (χ2n) is 7.75. The molecule has 3 aromatic rings. The van der Waals surface area contributed by atoms with Crippen LogP contribution in [-0.2, 0) is 14.8 Å². The lowest BCUT2D eigenvalue weighted by molar-refractivity contribution is -0.114. The SMILES string of the molecule is CCNS(=O)(=O)c1cc(NC(C)=O)ccc1-c1cnc(-c2ccc(NC(=S)NC(C)C)cc2)s1. The summed E-state index contributed by atoms with van der Waals surface area (Å²) in [5.74, 6) is -0.279. The number of benzene rings is 2. The first-order valence-corrected chi connectivity index (χ1v) is 13.3. The molecule has 0 aliphatic rings. The molecule has 1 heterocycles. The molecule has 180 valence electrons. The first-order valence-electron chi connectivity index (χ1n) is 10.6. The van der Waals surface area contributed by atoms with Crippen LogP contribution in [0.5, 0.6) is 0 Å². The summed E-state index contributed by atoms with van der Waals surface area (Å²) in [6.45, 7) is 7.36. The molecule has 0 fully saturated rings. The van der Waals surface area contributed by atoms with E-state index < -0.39 is 10.0 Å². The number of hydrogen-bond acceptors (Lipinski definition) is 6. The molecule has 2 aromatic carbocycles. The van der Waals surface area contributed by atoms with Crippen molar-refractivity contribution >= 4 is 56.0 Å². The van der Waals surface area contributed by atoms with Crippen molar-refractivity contribution < 1.29 is 13.2 Å². The quantitative estimate of drug-likeness (QED) is 0.327. The van der Waals surface area contributed by atoms with E-state index in [0.717, 1.165) is 16.3 Å². The van der Waals surface area contributed by atoms with Crippen molar-refractivity contribution in [1.29, 1.82) is 0 Å². The molecule has 3 rings (SSSR count). The molecule has 0 bridgehead atoms. The number of anilines is 2. The number of carbonyl (C=O) groups excluding carboxylic acids is 1. The van der Waals surface area contributed by atoms with Crippen LogP contribution in [0.3, 0.4) is 0 Å². The normalized spacial score (nSPS) is 11.3. The molecule has 11 heteroatoms. The molecule has 8 nitrogen and oxygen atoms in total. The highest BCUT2D eigenvalue weighted by Gasteiger charge is 2.21. The zero-order valence-corrected chi connectivity index (χ0v) is 21.7. The third-order valence-electron chi connectivity index (χ3n) is 4.51. The molecular formula is C23H27N5O3S3. The highest BCUT2D eigenvalue weighted by Crippen LogP contribution is 2.37. The molecule has 0 aliphatic heterocycles. The van der Waals surface area contributed by atoms with Gasteiger partial charge in [0.05, 0.1) is 9.77 Å². The van der Waals surface area contributed by atoms with Crippen LogP contribution in [0.1, 0.15) is 27.7 Å². The summed E-state index contributed by atoms with van der Waals surface area (Å²) in [5.41, 5.74) is 2.68. The fourth-order valence-electron chi connectivity index (χ4n) is 3.15. The predicted octanol–water partition coefficient (Wildman–Crippen LogP) is 4.43.